The van der Waals surface area contributed by atoms with E-state index < -0.39 is 12.1 Å². The van der Waals surface area contributed by atoms with E-state index in [2.05, 4.69) is 36.2 Å². The molecular weight excluding hydrogens is 454 g/mol. The number of aliphatic hydroxyl groups excluding tert-OH is 1. The number of hydrogen-bond donors (Lipinski definition) is 2. The van der Waals surface area contributed by atoms with Gasteiger partial charge in [-0.25, -0.2) is 0 Å². The quantitative estimate of drug-likeness (QED) is 0.243. The predicted molar refractivity (Wildman–Crippen MR) is 142 cm³/mol. The van der Waals surface area contributed by atoms with Crippen LogP contribution in [0.3, 0.4) is 0 Å². The molecule has 0 bridgehead atoms. The van der Waals surface area contributed by atoms with Crippen molar-refractivity contribution in [2.75, 3.05) is 20.2 Å². The Hall–Kier alpha value is -2.67. The second-order valence-electron chi connectivity index (χ2n) is 9.63. The van der Waals surface area contributed by atoms with Crippen molar-refractivity contribution < 1.29 is 24.5 Å². The van der Waals surface area contributed by atoms with Crippen LogP contribution in [-0.2, 0) is 16.1 Å². The van der Waals surface area contributed by atoms with Gasteiger partial charge in [0.05, 0.1) is 25.4 Å². The average molecular weight is 496 g/mol. The number of benzene rings is 2. The fourth-order valence-electron chi connectivity index (χ4n) is 5.00. The Labute approximate surface area is 215 Å². The molecule has 2 aromatic carbocycles. The molecule has 1 saturated carbocycles. The van der Waals surface area contributed by atoms with Crippen LogP contribution in [0.15, 0.2) is 72.8 Å². The Morgan fingerprint density at radius 2 is 1.75 bits per heavy atom. The topological polar surface area (TPSA) is 79.2 Å². The van der Waals surface area contributed by atoms with Crippen LogP contribution in [0.25, 0.3) is 0 Å². The van der Waals surface area contributed by atoms with Gasteiger partial charge in [0.2, 0.25) is 0 Å². The van der Waals surface area contributed by atoms with Gasteiger partial charge in [-0.2, -0.15) is 0 Å². The molecule has 0 aliphatic heterocycles. The molecule has 0 unspecified atom stereocenters. The van der Waals surface area contributed by atoms with Gasteiger partial charge in [0.25, 0.3) is 0 Å². The molecule has 196 valence electrons. The number of para-hydroxylation sites is 1. The van der Waals surface area contributed by atoms with Crippen molar-refractivity contribution in [1.82, 2.24) is 4.90 Å². The van der Waals surface area contributed by atoms with Gasteiger partial charge in [0.15, 0.2) is 0 Å². The molecule has 2 aromatic rings. The first-order valence-electron chi connectivity index (χ1n) is 13.1. The number of rotatable bonds is 16. The summed E-state index contributed by atoms with van der Waals surface area (Å²) in [5.41, 5.74) is 1.13. The van der Waals surface area contributed by atoms with Crippen molar-refractivity contribution in [3.8, 4) is 5.75 Å². The highest BCUT2D eigenvalue weighted by molar-refractivity contribution is 5.66. The number of ether oxygens (including phenoxy) is 2. The van der Waals surface area contributed by atoms with Crippen molar-refractivity contribution in [1.29, 1.82) is 0 Å². The van der Waals surface area contributed by atoms with Gasteiger partial charge < -0.3 is 24.6 Å². The summed E-state index contributed by atoms with van der Waals surface area (Å²) in [4.78, 5) is 13.0. The van der Waals surface area contributed by atoms with Gasteiger partial charge in [-0.15, -0.1) is 0 Å². The van der Waals surface area contributed by atoms with Crippen molar-refractivity contribution in [2.45, 2.75) is 69.8 Å². The summed E-state index contributed by atoms with van der Waals surface area (Å²) in [6, 6.07) is 20.0. The molecule has 1 fully saturated rings. The number of nitrogens with zero attached hydrogens (tertiary/aromatic N) is 1. The summed E-state index contributed by atoms with van der Waals surface area (Å²) >= 11 is 0. The number of carboxylic acid groups (broad SMARTS) is 1. The second-order valence-corrected chi connectivity index (χ2v) is 9.63. The zero-order valence-electron chi connectivity index (χ0n) is 21.4. The zero-order valence-corrected chi connectivity index (χ0v) is 21.4. The lowest BCUT2D eigenvalue weighted by molar-refractivity contribution is -0.137. The third-order valence-corrected chi connectivity index (χ3v) is 6.85. The summed E-state index contributed by atoms with van der Waals surface area (Å²) in [7, 11) is 2.09. The summed E-state index contributed by atoms with van der Waals surface area (Å²) in [5.74, 6) is 0.309. The Morgan fingerprint density at radius 1 is 1.03 bits per heavy atom. The van der Waals surface area contributed by atoms with Crippen LogP contribution in [0.4, 0.5) is 0 Å². The summed E-state index contributed by atoms with van der Waals surface area (Å²) in [6.07, 6.45) is 8.67. The van der Waals surface area contributed by atoms with Gasteiger partial charge >= 0.3 is 5.97 Å². The number of allylic oxidation sites excluding steroid dienone is 2. The first-order valence-corrected chi connectivity index (χ1v) is 13.1. The SMILES string of the molecule is CN(CCCCOc1ccccc1)[C@@H]1[C@@H](C/C=C\CCCC(=O)O)[C@@H](OCc2ccccc2)C[C@H]1O. The van der Waals surface area contributed by atoms with E-state index in [0.717, 1.165) is 43.5 Å². The highest BCUT2D eigenvalue weighted by atomic mass is 16.5. The second kappa shape index (κ2) is 15.4. The van der Waals surface area contributed by atoms with Gasteiger partial charge in [0.1, 0.15) is 5.75 Å². The molecule has 0 radical (unpaired) electrons. The minimum Gasteiger partial charge on any atom is -0.494 e. The number of aliphatic hydroxyl groups is 1. The molecule has 3 rings (SSSR count). The number of aliphatic carboxylic acids is 1. The highest BCUT2D eigenvalue weighted by Gasteiger charge is 2.44. The van der Waals surface area contributed by atoms with E-state index in [4.69, 9.17) is 14.6 Å². The van der Waals surface area contributed by atoms with Gasteiger partial charge in [-0.05, 0) is 63.4 Å². The molecule has 36 heavy (non-hydrogen) atoms. The zero-order chi connectivity index (χ0) is 25.6. The molecule has 2 N–H and O–H groups in total. The Balaban J connectivity index is 1.52. The summed E-state index contributed by atoms with van der Waals surface area (Å²) < 4.78 is 12.1. The molecular formula is C30H41NO5. The van der Waals surface area contributed by atoms with Gasteiger partial charge in [0, 0.05) is 24.8 Å². The Bertz CT molecular complexity index is 904. The van der Waals surface area contributed by atoms with Crippen LogP contribution < -0.4 is 4.74 Å². The Morgan fingerprint density at radius 3 is 2.47 bits per heavy atom. The average Bonchev–Trinajstić information content (AvgIpc) is 3.20. The maximum atomic E-state index is 11.0. The minimum absolute atomic E-state index is 0.0180. The normalized spacial score (nSPS) is 21.9. The molecule has 0 aromatic heterocycles. The molecule has 4 atom stereocenters. The van der Waals surface area contributed by atoms with Crippen molar-refractivity contribution in [2.24, 2.45) is 5.92 Å². The van der Waals surface area contributed by atoms with E-state index in [-0.39, 0.29) is 24.5 Å². The molecule has 6 nitrogen and oxygen atoms in total. The Kier molecular flexibility index (Phi) is 12.0. The highest BCUT2D eigenvalue weighted by Crippen LogP contribution is 2.36. The van der Waals surface area contributed by atoms with Crippen LogP contribution in [0, 0.1) is 5.92 Å². The fourth-order valence-corrected chi connectivity index (χ4v) is 5.00. The largest absolute Gasteiger partial charge is 0.494 e. The molecule has 0 heterocycles. The molecule has 0 amide bonds. The number of likely N-dealkylation sites (N-methyl/N-ethyl adjacent to an activating group) is 1. The smallest absolute Gasteiger partial charge is 0.303 e. The maximum absolute atomic E-state index is 11.0. The summed E-state index contributed by atoms with van der Waals surface area (Å²) in [6.45, 7) is 2.09. The lowest BCUT2D eigenvalue weighted by atomic mass is 9.95. The minimum atomic E-state index is -0.757. The number of carboxylic acids is 1. The first kappa shape index (κ1) is 27.9. The van der Waals surface area contributed by atoms with Crippen molar-refractivity contribution >= 4 is 5.97 Å². The predicted octanol–water partition coefficient (Wildman–Crippen LogP) is 5.31. The standard InChI is InChI=1S/C30H41NO5/c1-31(20-12-13-21-35-25-16-8-5-9-17-25)30-26(18-10-2-3-11-19-29(33)34)28(22-27(30)32)36-23-24-14-6-4-7-15-24/h2,4-10,14-17,26-28,30,32H,3,11-13,18-23H2,1H3,(H,33,34)/b10-2-/t26-,27+,28-,30+/m0/s1. The van der Waals surface area contributed by atoms with E-state index in [1.54, 1.807) is 0 Å². The van der Waals surface area contributed by atoms with Crippen molar-refractivity contribution in [3.05, 3.63) is 78.4 Å². The van der Waals surface area contributed by atoms with E-state index in [9.17, 15) is 9.90 Å². The number of unbranched alkanes of at least 4 members (excludes halogenated alkanes) is 2. The monoisotopic (exact) mass is 495 g/mol. The lowest BCUT2D eigenvalue weighted by Crippen LogP contribution is -2.43. The summed E-state index contributed by atoms with van der Waals surface area (Å²) in [5, 5.41) is 19.9. The fraction of sp³-hybridized carbons (Fsp3) is 0.500. The molecule has 0 spiro atoms. The van der Waals surface area contributed by atoms with Gasteiger partial charge in [-0.3, -0.25) is 4.79 Å². The van der Waals surface area contributed by atoms with Crippen molar-refractivity contribution in [3.63, 3.8) is 0 Å². The van der Waals surface area contributed by atoms with Crippen LogP contribution in [0.5, 0.6) is 5.75 Å². The maximum Gasteiger partial charge on any atom is 0.303 e. The number of carbonyl (C=O) groups is 1. The molecule has 1 aliphatic rings. The molecule has 1 aliphatic carbocycles. The van der Waals surface area contributed by atoms with Crippen LogP contribution in [0.1, 0.15) is 50.5 Å². The van der Waals surface area contributed by atoms with Crippen LogP contribution in [-0.4, -0.2) is 59.5 Å². The van der Waals surface area contributed by atoms with E-state index in [0.29, 0.717) is 26.1 Å². The van der Waals surface area contributed by atoms with E-state index in [1.165, 1.54) is 0 Å². The lowest BCUT2D eigenvalue weighted by Gasteiger charge is -2.32. The van der Waals surface area contributed by atoms with Gasteiger partial charge in [-0.1, -0.05) is 60.7 Å². The number of hydrogen-bond acceptors (Lipinski definition) is 5. The molecule has 6 heteroatoms. The third kappa shape index (κ3) is 9.41. The van der Waals surface area contributed by atoms with E-state index in [1.807, 2.05) is 48.5 Å². The first-order chi connectivity index (χ1) is 17.5. The molecule has 0 saturated heterocycles. The third-order valence-electron chi connectivity index (χ3n) is 6.85. The van der Waals surface area contributed by atoms with Crippen LogP contribution >= 0.6 is 0 Å². The van der Waals surface area contributed by atoms with E-state index >= 15 is 0 Å². The van der Waals surface area contributed by atoms with Crippen LogP contribution in [0.2, 0.25) is 0 Å².